The number of hydrogen-bond donors (Lipinski definition) is 2. The quantitative estimate of drug-likeness (QED) is 0.234. The minimum atomic E-state index is 0. The van der Waals surface area contributed by atoms with Crippen LogP contribution in [0.1, 0.15) is 18.9 Å². The molecule has 2 aromatic carbocycles. The van der Waals surface area contributed by atoms with Crippen LogP contribution < -0.4 is 24.8 Å². The first-order chi connectivity index (χ1) is 14.3. The molecule has 2 N–H and O–H groups in total. The highest BCUT2D eigenvalue weighted by Gasteiger charge is 2.11. The number of methoxy groups -OCH3 is 1. The fourth-order valence-electron chi connectivity index (χ4n) is 2.79. The summed E-state index contributed by atoms with van der Waals surface area (Å²) in [7, 11) is 1.66. The van der Waals surface area contributed by atoms with Crippen molar-refractivity contribution < 1.29 is 18.9 Å². The second-order valence-electron chi connectivity index (χ2n) is 6.52. The van der Waals surface area contributed by atoms with E-state index in [0.29, 0.717) is 38.9 Å². The first-order valence-corrected chi connectivity index (χ1v) is 9.94. The molecule has 2 aromatic rings. The summed E-state index contributed by atoms with van der Waals surface area (Å²) >= 11 is 0. The van der Waals surface area contributed by atoms with Gasteiger partial charge in [0.2, 0.25) is 0 Å². The van der Waals surface area contributed by atoms with E-state index < -0.39 is 0 Å². The Kier molecular flexibility index (Phi) is 10.6. The Morgan fingerprint density at radius 3 is 2.53 bits per heavy atom. The number of nitrogens with zero attached hydrogens (tertiary/aromatic N) is 1. The molecule has 0 atom stereocenters. The highest BCUT2D eigenvalue weighted by Crippen LogP contribution is 2.32. The normalized spacial score (nSPS) is 13.1. The smallest absolute Gasteiger partial charge is 0.196 e. The molecule has 0 amide bonds. The Morgan fingerprint density at radius 1 is 1.03 bits per heavy atom. The van der Waals surface area contributed by atoms with Gasteiger partial charge in [-0.2, -0.15) is 0 Å². The van der Waals surface area contributed by atoms with Crippen LogP contribution in [-0.2, 0) is 11.3 Å². The molecule has 0 saturated heterocycles. The number of nitrogens with one attached hydrogen (secondary N) is 2. The van der Waals surface area contributed by atoms with E-state index in [1.54, 1.807) is 7.11 Å². The van der Waals surface area contributed by atoms with E-state index in [2.05, 4.69) is 15.6 Å². The fraction of sp³-hybridized carbons (Fsp3) is 0.409. The molecule has 7 nitrogen and oxygen atoms in total. The minimum absolute atomic E-state index is 0. The fourth-order valence-corrected chi connectivity index (χ4v) is 2.79. The molecule has 1 heterocycles. The van der Waals surface area contributed by atoms with Gasteiger partial charge in [-0.25, -0.2) is 4.99 Å². The van der Waals surface area contributed by atoms with Crippen LogP contribution in [0.15, 0.2) is 47.5 Å². The van der Waals surface area contributed by atoms with Crippen molar-refractivity contribution in [1.82, 2.24) is 5.32 Å². The summed E-state index contributed by atoms with van der Waals surface area (Å²) in [5.74, 6) is 3.07. The van der Waals surface area contributed by atoms with Crippen LogP contribution in [0.3, 0.4) is 0 Å². The first-order valence-electron chi connectivity index (χ1n) is 9.94. The zero-order valence-electron chi connectivity index (χ0n) is 17.5. The molecule has 0 bridgehead atoms. The van der Waals surface area contributed by atoms with E-state index in [9.17, 15) is 0 Å². The maximum absolute atomic E-state index is 5.76. The van der Waals surface area contributed by atoms with Crippen molar-refractivity contribution in [2.45, 2.75) is 19.9 Å². The van der Waals surface area contributed by atoms with Crippen molar-refractivity contribution in [2.24, 2.45) is 4.99 Å². The lowest BCUT2D eigenvalue weighted by Gasteiger charge is -2.14. The zero-order chi connectivity index (χ0) is 20.3. The Balaban J connectivity index is 0.00000320. The van der Waals surface area contributed by atoms with Crippen molar-refractivity contribution in [1.29, 1.82) is 0 Å². The number of anilines is 1. The number of aliphatic imine (C=N–C) groups is 1. The molecule has 0 unspecified atom stereocenters. The molecule has 0 radical (unpaired) electrons. The summed E-state index contributed by atoms with van der Waals surface area (Å²) < 4.78 is 22.0. The van der Waals surface area contributed by atoms with Gasteiger partial charge in [0, 0.05) is 31.8 Å². The summed E-state index contributed by atoms with van der Waals surface area (Å²) in [6.45, 7) is 5.82. The Labute approximate surface area is 195 Å². The maximum atomic E-state index is 5.76. The first kappa shape index (κ1) is 24.1. The molecule has 1 aliphatic rings. The number of ether oxygens (including phenoxy) is 4. The van der Waals surface area contributed by atoms with Crippen molar-refractivity contribution in [2.75, 3.05) is 45.4 Å². The molecule has 8 heteroatoms. The van der Waals surface area contributed by atoms with Crippen LogP contribution in [0.25, 0.3) is 0 Å². The van der Waals surface area contributed by atoms with Crippen LogP contribution >= 0.6 is 24.0 Å². The van der Waals surface area contributed by atoms with Gasteiger partial charge in [0.05, 0.1) is 26.4 Å². The molecular weight excluding hydrogens is 497 g/mol. The van der Waals surface area contributed by atoms with Gasteiger partial charge in [0.1, 0.15) is 12.4 Å². The average molecular weight is 527 g/mol. The zero-order valence-corrected chi connectivity index (χ0v) is 19.8. The lowest BCUT2D eigenvalue weighted by Crippen LogP contribution is -2.30. The van der Waals surface area contributed by atoms with Gasteiger partial charge in [-0.15, -0.1) is 24.0 Å². The summed E-state index contributed by atoms with van der Waals surface area (Å²) in [5, 5.41) is 6.60. The highest BCUT2D eigenvalue weighted by molar-refractivity contribution is 14.0. The minimum Gasteiger partial charge on any atom is -0.491 e. The van der Waals surface area contributed by atoms with Crippen LogP contribution in [0.2, 0.25) is 0 Å². The number of rotatable bonds is 8. The van der Waals surface area contributed by atoms with E-state index in [4.69, 9.17) is 18.9 Å². The van der Waals surface area contributed by atoms with E-state index in [1.807, 2.05) is 49.4 Å². The third-order valence-electron chi connectivity index (χ3n) is 4.25. The SMILES string of the molecule is CCNC(=NCc1ccc(OCCOC)cc1)Nc1ccc2c(c1)OCCCO2.I. The summed E-state index contributed by atoms with van der Waals surface area (Å²) in [4.78, 5) is 4.68. The molecule has 3 rings (SSSR count). The number of hydrogen-bond acceptors (Lipinski definition) is 5. The van der Waals surface area contributed by atoms with Crippen molar-refractivity contribution >= 4 is 35.6 Å². The van der Waals surface area contributed by atoms with E-state index in [0.717, 1.165) is 41.5 Å². The predicted molar refractivity (Wildman–Crippen MR) is 130 cm³/mol. The topological polar surface area (TPSA) is 73.3 Å². The maximum Gasteiger partial charge on any atom is 0.196 e. The van der Waals surface area contributed by atoms with Gasteiger partial charge >= 0.3 is 0 Å². The number of halogens is 1. The van der Waals surface area contributed by atoms with Gasteiger partial charge in [-0.05, 0) is 36.8 Å². The lowest BCUT2D eigenvalue weighted by atomic mass is 10.2. The van der Waals surface area contributed by atoms with Crippen LogP contribution in [0.4, 0.5) is 5.69 Å². The second-order valence-corrected chi connectivity index (χ2v) is 6.52. The molecule has 1 aliphatic heterocycles. The summed E-state index contributed by atoms with van der Waals surface area (Å²) in [6.07, 6.45) is 0.887. The monoisotopic (exact) mass is 527 g/mol. The van der Waals surface area contributed by atoms with Gasteiger partial charge < -0.3 is 29.6 Å². The van der Waals surface area contributed by atoms with Crippen LogP contribution in [-0.4, -0.2) is 46.0 Å². The van der Waals surface area contributed by atoms with Crippen LogP contribution in [0.5, 0.6) is 17.2 Å². The Morgan fingerprint density at radius 2 is 1.80 bits per heavy atom. The Bertz CT molecular complexity index is 799. The summed E-state index contributed by atoms with van der Waals surface area (Å²) in [6, 6.07) is 13.8. The van der Waals surface area contributed by atoms with E-state index >= 15 is 0 Å². The van der Waals surface area contributed by atoms with Crippen molar-refractivity contribution in [3.05, 3.63) is 48.0 Å². The third-order valence-corrected chi connectivity index (χ3v) is 4.25. The van der Waals surface area contributed by atoms with E-state index in [1.165, 1.54) is 0 Å². The van der Waals surface area contributed by atoms with Crippen molar-refractivity contribution in [3.63, 3.8) is 0 Å². The third kappa shape index (κ3) is 7.56. The molecular formula is C22H30IN3O4. The van der Waals surface area contributed by atoms with Gasteiger partial charge in [0.25, 0.3) is 0 Å². The second kappa shape index (κ2) is 13.2. The van der Waals surface area contributed by atoms with Gasteiger partial charge in [0.15, 0.2) is 17.5 Å². The molecule has 0 fully saturated rings. The molecule has 0 aromatic heterocycles. The Hall–Kier alpha value is -2.20. The van der Waals surface area contributed by atoms with Gasteiger partial charge in [-0.3, -0.25) is 0 Å². The highest BCUT2D eigenvalue weighted by atomic mass is 127. The standard InChI is InChI=1S/C22H29N3O4.HI/c1-3-23-22(24-16-17-5-8-19(9-6-17)27-14-13-26-2)25-18-7-10-20-21(15-18)29-12-4-11-28-20;/h5-10,15H,3-4,11-14,16H2,1-2H3,(H2,23,24,25);1H. The van der Waals surface area contributed by atoms with Crippen LogP contribution in [0, 0.1) is 0 Å². The average Bonchev–Trinajstić information content (AvgIpc) is 2.98. The molecule has 0 saturated carbocycles. The lowest BCUT2D eigenvalue weighted by molar-refractivity contribution is 0.146. The number of fused-ring (bicyclic) bond motifs is 1. The number of benzene rings is 2. The van der Waals surface area contributed by atoms with Crippen molar-refractivity contribution in [3.8, 4) is 17.2 Å². The molecule has 30 heavy (non-hydrogen) atoms. The predicted octanol–water partition coefficient (Wildman–Crippen LogP) is 4.07. The molecule has 0 aliphatic carbocycles. The van der Waals surface area contributed by atoms with Gasteiger partial charge in [-0.1, -0.05) is 12.1 Å². The summed E-state index contributed by atoms with van der Waals surface area (Å²) in [5.41, 5.74) is 2.00. The van der Waals surface area contributed by atoms with E-state index in [-0.39, 0.29) is 24.0 Å². The number of guanidine groups is 1. The molecule has 0 spiro atoms. The molecule has 164 valence electrons. The largest absolute Gasteiger partial charge is 0.491 e.